The summed E-state index contributed by atoms with van der Waals surface area (Å²) < 4.78 is 24.2. The minimum Gasteiger partial charge on any atom is -0.496 e. The Balaban J connectivity index is 1.06. The minimum atomic E-state index is -0.186. The molecule has 1 N–H and O–H groups in total. The number of methoxy groups -OCH3 is 4. The summed E-state index contributed by atoms with van der Waals surface area (Å²) in [6, 6.07) is 20.0. The molecule has 3 aliphatic heterocycles. The van der Waals surface area contributed by atoms with Crippen molar-refractivity contribution in [3.8, 4) is 45.5 Å². The van der Waals surface area contributed by atoms with Gasteiger partial charge in [0.05, 0.1) is 68.0 Å². The predicted molar refractivity (Wildman–Crippen MR) is 201 cm³/mol. The van der Waals surface area contributed by atoms with Crippen molar-refractivity contribution in [1.29, 1.82) is 0 Å². The Morgan fingerprint density at radius 1 is 0.906 bits per heavy atom. The summed E-state index contributed by atoms with van der Waals surface area (Å²) in [4.78, 5) is 33.1. The van der Waals surface area contributed by atoms with Crippen molar-refractivity contribution in [3.05, 3.63) is 83.0 Å². The number of hydrogen-bond acceptors (Lipinski definition) is 10. The van der Waals surface area contributed by atoms with Crippen LogP contribution < -0.4 is 19.5 Å². The number of nitrogens with zero attached hydrogens (tertiary/aromatic N) is 5. The third-order valence-electron chi connectivity index (χ3n) is 10.7. The van der Waals surface area contributed by atoms with Crippen molar-refractivity contribution >= 4 is 34.4 Å². The molecule has 1 spiro atoms. The van der Waals surface area contributed by atoms with Crippen LogP contribution in [0, 0.1) is 11.3 Å². The van der Waals surface area contributed by atoms with E-state index in [1.807, 2.05) is 65.5 Å². The number of halogens is 1. The fraction of sp³-hybridized carbons (Fsp3) is 0.350. The average molecular weight is 737 g/mol. The van der Waals surface area contributed by atoms with Crippen molar-refractivity contribution in [2.45, 2.75) is 19.5 Å². The lowest BCUT2D eigenvalue weighted by Gasteiger charge is -2.47. The number of nitrogens with one attached hydrogen (secondary N) is 1. The lowest BCUT2D eigenvalue weighted by Crippen LogP contribution is -2.56. The Hall–Kier alpha value is -5.17. The van der Waals surface area contributed by atoms with Crippen LogP contribution in [0.15, 0.2) is 66.9 Å². The second kappa shape index (κ2) is 14.0. The van der Waals surface area contributed by atoms with E-state index < -0.39 is 0 Å². The largest absolute Gasteiger partial charge is 0.496 e. The summed E-state index contributed by atoms with van der Waals surface area (Å²) in [6.45, 7) is 5.00. The molecule has 5 aromatic rings. The van der Waals surface area contributed by atoms with Crippen LogP contribution in [0.3, 0.4) is 0 Å². The molecule has 0 unspecified atom stereocenters. The van der Waals surface area contributed by atoms with Gasteiger partial charge in [-0.3, -0.25) is 19.4 Å². The molecule has 3 aliphatic rings. The van der Waals surface area contributed by atoms with Crippen LogP contribution in [0.1, 0.15) is 17.5 Å². The Labute approximate surface area is 312 Å². The molecule has 0 atom stereocenters. The van der Waals surface area contributed by atoms with Crippen molar-refractivity contribution in [2.75, 3.05) is 61.2 Å². The number of amides is 1. The number of pyridine rings is 1. The van der Waals surface area contributed by atoms with Crippen LogP contribution in [-0.4, -0.2) is 97.6 Å². The molecule has 3 aromatic carbocycles. The van der Waals surface area contributed by atoms with Crippen molar-refractivity contribution < 1.29 is 28.5 Å². The van der Waals surface area contributed by atoms with E-state index in [9.17, 15) is 9.59 Å². The van der Waals surface area contributed by atoms with Gasteiger partial charge in [0, 0.05) is 91.9 Å². The molecule has 1 amide bonds. The highest BCUT2D eigenvalue weighted by molar-refractivity contribution is 6.36. The maximum atomic E-state index is 11.9. The SMILES string of the molecule is COC(=O)C1CN(Cc2c(OC)cc(-n3ncc4c(-c5cccc(-c6ccc(CN7CC8(CNC(=O)C8)C7)c(OC)n6)c5Cl)cccc43)cc2OC)C1. The zero-order valence-electron chi connectivity index (χ0n) is 30.1. The van der Waals surface area contributed by atoms with E-state index in [1.165, 1.54) is 7.11 Å². The highest BCUT2D eigenvalue weighted by Crippen LogP contribution is 2.42. The summed E-state index contributed by atoms with van der Waals surface area (Å²) in [7, 11) is 6.33. The number of benzene rings is 3. The average Bonchev–Trinajstić information content (AvgIpc) is 3.76. The number of aromatic nitrogens is 3. The van der Waals surface area contributed by atoms with Crippen LogP contribution in [-0.2, 0) is 27.4 Å². The zero-order chi connectivity index (χ0) is 36.9. The molecular weight excluding hydrogens is 696 g/mol. The fourth-order valence-corrected chi connectivity index (χ4v) is 8.39. The molecule has 12 nitrogen and oxygen atoms in total. The number of hydrogen-bond donors (Lipinski definition) is 1. The Bertz CT molecular complexity index is 2200. The first-order valence-corrected chi connectivity index (χ1v) is 18.0. The van der Waals surface area contributed by atoms with Crippen molar-refractivity contribution in [1.82, 2.24) is 29.9 Å². The molecule has 0 radical (unpaired) electrons. The van der Waals surface area contributed by atoms with Gasteiger partial charge in [-0.25, -0.2) is 9.67 Å². The van der Waals surface area contributed by atoms with Gasteiger partial charge in [-0.05, 0) is 17.7 Å². The van der Waals surface area contributed by atoms with E-state index >= 15 is 0 Å². The normalized spacial score (nSPS) is 17.0. The van der Waals surface area contributed by atoms with E-state index in [0.717, 1.165) is 64.0 Å². The second-order valence-electron chi connectivity index (χ2n) is 14.2. The monoisotopic (exact) mass is 736 g/mol. The Kier molecular flexibility index (Phi) is 9.21. The first-order chi connectivity index (χ1) is 25.7. The summed E-state index contributed by atoms with van der Waals surface area (Å²) >= 11 is 7.21. The molecule has 3 fully saturated rings. The van der Waals surface area contributed by atoms with Gasteiger partial charge >= 0.3 is 5.97 Å². The molecule has 13 heteroatoms. The molecule has 2 aromatic heterocycles. The van der Waals surface area contributed by atoms with Crippen molar-refractivity contribution in [3.63, 3.8) is 0 Å². The first-order valence-electron chi connectivity index (χ1n) is 17.6. The molecule has 0 saturated carbocycles. The molecule has 3 saturated heterocycles. The number of fused-ring (bicyclic) bond motifs is 1. The maximum Gasteiger partial charge on any atom is 0.311 e. The third kappa shape index (κ3) is 6.34. The maximum absolute atomic E-state index is 11.9. The van der Waals surface area contributed by atoms with E-state index in [1.54, 1.807) is 21.3 Å². The van der Waals surface area contributed by atoms with Crippen molar-refractivity contribution in [2.24, 2.45) is 11.3 Å². The number of rotatable bonds is 11. The first kappa shape index (κ1) is 34.9. The molecule has 53 heavy (non-hydrogen) atoms. The van der Waals surface area contributed by atoms with Gasteiger partial charge in [0.2, 0.25) is 11.8 Å². The Morgan fingerprint density at radius 3 is 2.30 bits per heavy atom. The van der Waals surface area contributed by atoms with Gasteiger partial charge in [-0.15, -0.1) is 0 Å². The number of esters is 1. The van der Waals surface area contributed by atoms with Gasteiger partial charge in [0.25, 0.3) is 0 Å². The van der Waals surface area contributed by atoms with Gasteiger partial charge in [0.1, 0.15) is 11.5 Å². The second-order valence-corrected chi connectivity index (χ2v) is 14.5. The zero-order valence-corrected chi connectivity index (χ0v) is 30.9. The lowest BCUT2D eigenvalue weighted by molar-refractivity contribution is -0.151. The number of carbonyl (C=O) groups excluding carboxylic acids is 2. The van der Waals surface area contributed by atoms with Gasteiger partial charge < -0.3 is 24.3 Å². The molecule has 0 aliphatic carbocycles. The molecular formula is C40H41ClN6O6. The molecule has 274 valence electrons. The van der Waals surface area contributed by atoms with Crippen LogP contribution in [0.5, 0.6) is 17.4 Å². The van der Waals surface area contributed by atoms with Gasteiger partial charge in [-0.2, -0.15) is 5.10 Å². The van der Waals surface area contributed by atoms with E-state index in [0.29, 0.717) is 60.7 Å². The number of carbonyl (C=O) groups is 2. The summed E-state index contributed by atoms with van der Waals surface area (Å²) in [5.41, 5.74) is 6.91. The summed E-state index contributed by atoms with van der Waals surface area (Å²) in [6.07, 6.45) is 2.44. The third-order valence-corrected chi connectivity index (χ3v) is 11.1. The fourth-order valence-electron chi connectivity index (χ4n) is 8.06. The van der Waals surface area contributed by atoms with Crippen LogP contribution in [0.25, 0.3) is 39.0 Å². The predicted octanol–water partition coefficient (Wildman–Crippen LogP) is 5.36. The van der Waals surface area contributed by atoms with Crippen LogP contribution >= 0.6 is 11.6 Å². The van der Waals surface area contributed by atoms with Gasteiger partial charge in [-0.1, -0.05) is 48.0 Å². The minimum absolute atomic E-state index is 0.0580. The number of likely N-dealkylation sites (tertiary alicyclic amines) is 2. The highest BCUT2D eigenvalue weighted by Gasteiger charge is 2.48. The van der Waals surface area contributed by atoms with E-state index in [2.05, 4.69) is 21.2 Å². The van der Waals surface area contributed by atoms with Crippen LogP contribution in [0.2, 0.25) is 5.02 Å². The van der Waals surface area contributed by atoms with Crippen LogP contribution in [0.4, 0.5) is 0 Å². The molecule has 8 rings (SSSR count). The Morgan fingerprint density at radius 2 is 1.62 bits per heavy atom. The summed E-state index contributed by atoms with van der Waals surface area (Å²) in [5, 5.41) is 9.28. The number of ether oxygens (including phenoxy) is 4. The van der Waals surface area contributed by atoms with E-state index in [4.69, 9.17) is 40.6 Å². The lowest BCUT2D eigenvalue weighted by atomic mass is 9.79. The quantitative estimate of drug-likeness (QED) is 0.178. The summed E-state index contributed by atoms with van der Waals surface area (Å²) in [5.74, 6) is 1.73. The van der Waals surface area contributed by atoms with E-state index in [-0.39, 0.29) is 23.2 Å². The van der Waals surface area contributed by atoms with Gasteiger partial charge in [0.15, 0.2) is 0 Å². The molecule has 5 heterocycles. The highest BCUT2D eigenvalue weighted by atomic mass is 35.5. The smallest absolute Gasteiger partial charge is 0.311 e. The standard InChI is InChI=1S/C40H41ClN6O6/c1-50-34-13-26(14-35(51-2)31(34)20-45-18-25(19-45)39(49)53-4)47-33-10-6-7-27(30(33)16-43-47)28-8-5-9-29(37(28)41)32-12-11-24(38(44-32)52-3)17-46-22-40(23-46)15-36(48)42-21-40/h5-14,16,25H,15,17-23H2,1-4H3,(H,42,48). The topological polar surface area (TPSA) is 120 Å². The molecule has 0 bridgehead atoms.